The third kappa shape index (κ3) is 4.82. The lowest BCUT2D eigenvalue weighted by Gasteiger charge is -2.09. The summed E-state index contributed by atoms with van der Waals surface area (Å²) in [7, 11) is 0. The monoisotopic (exact) mass is 400 g/mol. The van der Waals surface area contributed by atoms with E-state index in [-0.39, 0.29) is 6.03 Å². The van der Waals surface area contributed by atoms with Gasteiger partial charge >= 0.3 is 6.03 Å². The molecule has 0 radical (unpaired) electrons. The lowest BCUT2D eigenvalue weighted by molar-refractivity contribution is 0.262. The van der Waals surface area contributed by atoms with Crippen molar-refractivity contribution in [1.29, 1.82) is 0 Å². The lowest BCUT2D eigenvalue weighted by atomic mass is 10.2. The van der Waals surface area contributed by atoms with Gasteiger partial charge in [-0.2, -0.15) is 0 Å². The van der Waals surface area contributed by atoms with Crippen LogP contribution in [0.4, 0.5) is 16.2 Å². The predicted molar refractivity (Wildman–Crippen MR) is 115 cm³/mol. The smallest absolute Gasteiger partial charge is 0.323 e. The van der Waals surface area contributed by atoms with Crippen molar-refractivity contribution in [3.05, 3.63) is 84.3 Å². The second kappa shape index (κ2) is 8.48. The van der Waals surface area contributed by atoms with Crippen molar-refractivity contribution in [1.82, 2.24) is 10.2 Å². The molecule has 0 saturated heterocycles. The predicted octanol–water partition coefficient (Wildman–Crippen LogP) is 5.79. The quantitative estimate of drug-likeness (QED) is 0.443. The fourth-order valence-corrected chi connectivity index (χ4v) is 2.75. The van der Waals surface area contributed by atoms with Gasteiger partial charge in [0.25, 0.3) is 0 Å². The van der Waals surface area contributed by atoms with Crippen LogP contribution in [0.3, 0.4) is 0 Å². The molecular formula is C23H20N4O3. The normalized spacial score (nSPS) is 10.5. The van der Waals surface area contributed by atoms with Gasteiger partial charge < -0.3 is 19.8 Å². The van der Waals surface area contributed by atoms with Crippen molar-refractivity contribution < 1.29 is 13.9 Å². The van der Waals surface area contributed by atoms with Crippen LogP contribution in [-0.2, 0) is 0 Å². The molecule has 0 unspecified atom stereocenters. The highest BCUT2D eigenvalue weighted by molar-refractivity contribution is 5.99. The minimum Gasteiger partial charge on any atom is -0.457 e. The first-order chi connectivity index (χ1) is 14.5. The Balaban J connectivity index is 1.34. The average Bonchev–Trinajstić information content (AvgIpc) is 3.18. The Labute approximate surface area is 173 Å². The van der Waals surface area contributed by atoms with E-state index in [1.165, 1.54) is 0 Å². The molecule has 0 spiro atoms. The zero-order valence-electron chi connectivity index (χ0n) is 16.5. The number of aromatic nitrogens is 2. The molecule has 7 nitrogen and oxygen atoms in total. The highest BCUT2D eigenvalue weighted by atomic mass is 16.5. The van der Waals surface area contributed by atoms with E-state index in [0.717, 1.165) is 16.8 Å². The summed E-state index contributed by atoms with van der Waals surface area (Å²) in [5, 5.41) is 13.4. The SMILES string of the molecule is Cc1ccc(NC(=O)Nc2ccc(Oc3ccc(-c4nnc(C)o4)cc3)cc2)cc1. The maximum Gasteiger partial charge on any atom is 0.323 e. The number of nitrogens with zero attached hydrogens (tertiary/aromatic N) is 2. The summed E-state index contributed by atoms with van der Waals surface area (Å²) < 4.78 is 11.3. The van der Waals surface area contributed by atoms with Crippen LogP contribution in [0.2, 0.25) is 0 Å². The van der Waals surface area contributed by atoms with Crippen LogP contribution in [0.5, 0.6) is 11.5 Å². The molecule has 2 N–H and O–H groups in total. The summed E-state index contributed by atoms with van der Waals surface area (Å²) >= 11 is 0. The molecule has 0 aliphatic heterocycles. The Hall–Kier alpha value is -4.13. The number of carbonyl (C=O) groups excluding carboxylic acids is 1. The van der Waals surface area contributed by atoms with Gasteiger partial charge in [0.05, 0.1) is 0 Å². The number of hydrogen-bond acceptors (Lipinski definition) is 5. The van der Waals surface area contributed by atoms with E-state index >= 15 is 0 Å². The van der Waals surface area contributed by atoms with Gasteiger partial charge in [-0.15, -0.1) is 10.2 Å². The molecular weight excluding hydrogens is 380 g/mol. The van der Waals surface area contributed by atoms with Crippen LogP contribution >= 0.6 is 0 Å². The number of hydrogen-bond donors (Lipinski definition) is 2. The minimum absolute atomic E-state index is 0.306. The van der Waals surface area contributed by atoms with E-state index in [1.54, 1.807) is 31.2 Å². The first kappa shape index (κ1) is 19.2. The van der Waals surface area contributed by atoms with E-state index < -0.39 is 0 Å². The zero-order valence-corrected chi connectivity index (χ0v) is 16.5. The molecule has 0 aliphatic carbocycles. The van der Waals surface area contributed by atoms with Crippen LogP contribution in [0, 0.1) is 13.8 Å². The summed E-state index contributed by atoms with van der Waals surface area (Å²) in [4.78, 5) is 12.1. The Bertz CT molecular complexity index is 1130. The third-order valence-corrected chi connectivity index (χ3v) is 4.28. The Morgan fingerprint density at radius 3 is 1.83 bits per heavy atom. The molecule has 1 aromatic heterocycles. The molecule has 0 saturated carbocycles. The molecule has 0 atom stereocenters. The molecule has 4 aromatic rings. The van der Waals surface area contributed by atoms with Crippen molar-refractivity contribution in [2.24, 2.45) is 0 Å². The van der Waals surface area contributed by atoms with E-state index in [9.17, 15) is 4.79 Å². The van der Waals surface area contributed by atoms with Crippen LogP contribution in [0.25, 0.3) is 11.5 Å². The topological polar surface area (TPSA) is 89.3 Å². The van der Waals surface area contributed by atoms with Gasteiger partial charge in [0.15, 0.2) is 0 Å². The summed E-state index contributed by atoms with van der Waals surface area (Å²) in [6.07, 6.45) is 0. The Kier molecular flexibility index (Phi) is 5.43. The molecule has 7 heteroatoms. The van der Waals surface area contributed by atoms with E-state index in [4.69, 9.17) is 9.15 Å². The summed E-state index contributed by atoms with van der Waals surface area (Å²) in [5.41, 5.74) is 3.35. The lowest BCUT2D eigenvalue weighted by Crippen LogP contribution is -2.19. The standard InChI is InChI=1S/C23H20N4O3/c1-15-3-7-18(8-4-15)24-23(28)25-19-9-13-21(14-10-19)30-20-11-5-17(6-12-20)22-27-26-16(2)29-22/h3-14H,1-2H3,(H2,24,25,28). The number of rotatable bonds is 5. The molecule has 4 rings (SSSR count). The summed E-state index contributed by atoms with van der Waals surface area (Å²) in [6, 6.07) is 21.8. The van der Waals surface area contributed by atoms with E-state index in [0.29, 0.717) is 29.0 Å². The first-order valence-corrected chi connectivity index (χ1v) is 9.38. The summed E-state index contributed by atoms with van der Waals surface area (Å²) in [6.45, 7) is 3.75. The maximum atomic E-state index is 12.1. The number of nitrogens with one attached hydrogen (secondary N) is 2. The molecule has 0 fully saturated rings. The van der Waals surface area contributed by atoms with Crippen molar-refractivity contribution >= 4 is 17.4 Å². The fourth-order valence-electron chi connectivity index (χ4n) is 2.75. The van der Waals surface area contributed by atoms with Gasteiger partial charge in [0, 0.05) is 23.9 Å². The number of urea groups is 1. The van der Waals surface area contributed by atoms with Crippen LogP contribution in [0.15, 0.2) is 77.2 Å². The molecule has 1 heterocycles. The van der Waals surface area contributed by atoms with Gasteiger partial charge in [0.2, 0.25) is 11.8 Å². The first-order valence-electron chi connectivity index (χ1n) is 9.38. The second-order valence-electron chi connectivity index (χ2n) is 6.72. The Morgan fingerprint density at radius 2 is 1.30 bits per heavy atom. The van der Waals surface area contributed by atoms with Gasteiger partial charge in [-0.25, -0.2) is 4.79 Å². The Morgan fingerprint density at radius 1 is 0.767 bits per heavy atom. The van der Waals surface area contributed by atoms with E-state index in [1.807, 2.05) is 55.5 Å². The number of benzene rings is 3. The molecule has 3 aromatic carbocycles. The maximum absolute atomic E-state index is 12.1. The van der Waals surface area contributed by atoms with Gasteiger partial charge in [-0.3, -0.25) is 0 Å². The van der Waals surface area contributed by atoms with Crippen LogP contribution < -0.4 is 15.4 Å². The highest BCUT2D eigenvalue weighted by Crippen LogP contribution is 2.26. The van der Waals surface area contributed by atoms with Crippen molar-refractivity contribution in [3.63, 3.8) is 0 Å². The van der Waals surface area contributed by atoms with Gasteiger partial charge in [-0.05, 0) is 67.6 Å². The third-order valence-electron chi connectivity index (χ3n) is 4.28. The van der Waals surface area contributed by atoms with Crippen LogP contribution in [0.1, 0.15) is 11.5 Å². The largest absolute Gasteiger partial charge is 0.457 e. The molecule has 30 heavy (non-hydrogen) atoms. The van der Waals surface area contributed by atoms with Crippen LogP contribution in [-0.4, -0.2) is 16.2 Å². The number of ether oxygens (including phenoxy) is 1. The van der Waals surface area contributed by atoms with Crippen molar-refractivity contribution in [2.75, 3.05) is 10.6 Å². The average molecular weight is 400 g/mol. The van der Waals surface area contributed by atoms with Crippen molar-refractivity contribution in [3.8, 4) is 23.0 Å². The fraction of sp³-hybridized carbons (Fsp3) is 0.0870. The zero-order chi connectivity index (χ0) is 20.9. The van der Waals surface area contributed by atoms with Gasteiger partial charge in [-0.1, -0.05) is 17.7 Å². The van der Waals surface area contributed by atoms with E-state index in [2.05, 4.69) is 20.8 Å². The van der Waals surface area contributed by atoms with Crippen molar-refractivity contribution in [2.45, 2.75) is 13.8 Å². The number of amides is 2. The molecule has 0 bridgehead atoms. The highest BCUT2D eigenvalue weighted by Gasteiger charge is 2.07. The number of aryl methyl sites for hydroxylation is 2. The molecule has 150 valence electrons. The molecule has 2 amide bonds. The number of carbonyl (C=O) groups is 1. The second-order valence-corrected chi connectivity index (χ2v) is 6.72. The molecule has 0 aliphatic rings. The minimum atomic E-state index is -0.306. The summed E-state index contributed by atoms with van der Waals surface area (Å²) in [5.74, 6) is 2.32. The van der Waals surface area contributed by atoms with Gasteiger partial charge in [0.1, 0.15) is 11.5 Å². The number of anilines is 2.